The Balaban J connectivity index is 1.33. The first kappa shape index (κ1) is 26.4. The number of ether oxygens (including phenoxy) is 1. The lowest BCUT2D eigenvalue weighted by atomic mass is 9.56. The van der Waals surface area contributed by atoms with Crippen molar-refractivity contribution in [2.45, 2.75) is 83.5 Å². The second-order valence-corrected chi connectivity index (χ2v) is 11.5. The molecule has 1 aromatic carbocycles. The Bertz CT molecular complexity index is 831. The van der Waals surface area contributed by atoms with Gasteiger partial charge in [-0.15, -0.1) is 0 Å². The number of nitrogens with two attached hydrogens (primary N) is 2. The maximum absolute atomic E-state index is 13.0. The molecule has 0 spiro atoms. The van der Waals surface area contributed by atoms with Crippen molar-refractivity contribution < 1.29 is 9.53 Å². The topological polar surface area (TPSA) is 93.6 Å². The van der Waals surface area contributed by atoms with Gasteiger partial charge in [0.15, 0.2) is 0 Å². The smallest absolute Gasteiger partial charge is 0.410 e. The fraction of sp³-hybridized carbons (Fsp3) is 0.759. The first-order valence-corrected chi connectivity index (χ1v) is 14.3. The molecule has 5 N–H and O–H groups in total. The average Bonchev–Trinajstić information content (AvgIpc) is 3.26. The molecule has 2 saturated carbocycles. The van der Waals surface area contributed by atoms with Crippen LogP contribution in [0.5, 0.6) is 5.75 Å². The summed E-state index contributed by atoms with van der Waals surface area (Å²) in [6, 6.07) is 6.45. The molecule has 196 valence electrons. The number of aryl methyl sites for hydroxylation is 1. The molecule has 0 aromatic heterocycles. The lowest BCUT2D eigenvalue weighted by molar-refractivity contribution is 0.0598. The van der Waals surface area contributed by atoms with Gasteiger partial charge < -0.3 is 26.4 Å². The summed E-state index contributed by atoms with van der Waals surface area (Å²) in [5.74, 6) is 3.13. The SMILES string of the molecule is C[C@@]12CCC[C@H]1[C@@H]1CCc3cc(OC(=O)N(CCCN)CCCCNCCCN)ccc3[C@H]1CC2. The third kappa shape index (κ3) is 6.39. The Morgan fingerprint density at radius 1 is 1.06 bits per heavy atom. The second kappa shape index (κ2) is 12.6. The molecule has 6 heteroatoms. The summed E-state index contributed by atoms with van der Waals surface area (Å²) >= 11 is 0. The molecular formula is C29H48N4O2. The summed E-state index contributed by atoms with van der Waals surface area (Å²) in [5, 5.41) is 3.40. The number of nitrogens with one attached hydrogen (secondary N) is 1. The Morgan fingerprint density at radius 3 is 2.69 bits per heavy atom. The summed E-state index contributed by atoms with van der Waals surface area (Å²) in [6.07, 6.45) is 12.9. The Labute approximate surface area is 212 Å². The fourth-order valence-electron chi connectivity index (χ4n) is 7.26. The van der Waals surface area contributed by atoms with Crippen LogP contribution in [0.1, 0.15) is 88.2 Å². The van der Waals surface area contributed by atoms with Gasteiger partial charge in [-0.25, -0.2) is 4.79 Å². The van der Waals surface area contributed by atoms with Crippen LogP contribution in [0.15, 0.2) is 18.2 Å². The average molecular weight is 485 g/mol. The van der Waals surface area contributed by atoms with Crippen LogP contribution in [-0.4, -0.2) is 50.3 Å². The maximum Gasteiger partial charge on any atom is 0.415 e. The van der Waals surface area contributed by atoms with Crippen molar-refractivity contribution in [2.75, 3.05) is 39.3 Å². The zero-order valence-electron chi connectivity index (χ0n) is 21.9. The zero-order chi connectivity index (χ0) is 24.7. The highest BCUT2D eigenvalue weighted by atomic mass is 16.6. The van der Waals surface area contributed by atoms with E-state index in [1.165, 1.54) is 49.7 Å². The molecule has 0 radical (unpaired) electrons. The van der Waals surface area contributed by atoms with E-state index in [-0.39, 0.29) is 6.09 Å². The molecule has 0 unspecified atom stereocenters. The highest BCUT2D eigenvalue weighted by molar-refractivity contribution is 5.70. The van der Waals surface area contributed by atoms with Crippen LogP contribution < -0.4 is 21.5 Å². The normalized spacial score (nSPS) is 27.1. The minimum atomic E-state index is -0.248. The van der Waals surface area contributed by atoms with Gasteiger partial charge >= 0.3 is 6.09 Å². The van der Waals surface area contributed by atoms with E-state index in [1.54, 1.807) is 0 Å². The van der Waals surface area contributed by atoms with Crippen molar-refractivity contribution in [3.05, 3.63) is 29.3 Å². The van der Waals surface area contributed by atoms with Crippen molar-refractivity contribution in [2.24, 2.45) is 28.7 Å². The van der Waals surface area contributed by atoms with Crippen molar-refractivity contribution in [3.8, 4) is 5.75 Å². The summed E-state index contributed by atoms with van der Waals surface area (Å²) in [7, 11) is 0. The lowest BCUT2D eigenvalue weighted by Crippen LogP contribution is -2.39. The minimum Gasteiger partial charge on any atom is -0.410 e. The predicted octanol–water partition coefficient (Wildman–Crippen LogP) is 4.80. The molecule has 3 aliphatic rings. The van der Waals surface area contributed by atoms with Crippen LogP contribution in [0.3, 0.4) is 0 Å². The monoisotopic (exact) mass is 484 g/mol. The molecule has 3 aliphatic carbocycles. The van der Waals surface area contributed by atoms with Gasteiger partial charge in [0.05, 0.1) is 0 Å². The van der Waals surface area contributed by atoms with Crippen molar-refractivity contribution in [1.82, 2.24) is 10.2 Å². The largest absolute Gasteiger partial charge is 0.415 e. The van der Waals surface area contributed by atoms with Crippen molar-refractivity contribution in [1.29, 1.82) is 0 Å². The number of hydrogen-bond donors (Lipinski definition) is 3. The van der Waals surface area contributed by atoms with Crippen molar-refractivity contribution in [3.63, 3.8) is 0 Å². The summed E-state index contributed by atoms with van der Waals surface area (Å²) < 4.78 is 5.89. The Kier molecular flexibility index (Phi) is 9.48. The molecule has 0 aliphatic heterocycles. The third-order valence-electron chi connectivity index (χ3n) is 9.16. The third-order valence-corrected chi connectivity index (χ3v) is 9.16. The molecule has 35 heavy (non-hydrogen) atoms. The van der Waals surface area contributed by atoms with Crippen LogP contribution in [0, 0.1) is 17.3 Å². The molecular weight excluding hydrogens is 436 g/mol. The van der Waals surface area contributed by atoms with Gasteiger partial charge in [0.25, 0.3) is 0 Å². The number of benzene rings is 1. The standard InChI is InChI=1S/C29H48N4O2/c1-29-13-4-7-27(29)26-10-8-22-21-23(9-11-24(22)25(26)12-14-29)35-28(34)33(20-6-16-31)19-3-2-17-32-18-5-15-30/h9,11,21,25-27,32H,2-8,10,12-20,30-31H2,1H3/t25-,26-,27+,29+/m1/s1. The molecule has 4 rings (SSSR count). The number of unbranched alkanes of at least 4 members (excludes halogenated alkanes) is 1. The van der Waals surface area contributed by atoms with E-state index in [9.17, 15) is 4.79 Å². The van der Waals surface area contributed by atoms with Gasteiger partial charge in [-0.2, -0.15) is 0 Å². The Morgan fingerprint density at radius 2 is 1.86 bits per heavy atom. The highest BCUT2D eigenvalue weighted by Crippen LogP contribution is 2.60. The van der Waals surface area contributed by atoms with Crippen LogP contribution in [-0.2, 0) is 6.42 Å². The number of rotatable bonds is 12. The zero-order valence-corrected chi connectivity index (χ0v) is 21.9. The molecule has 0 saturated heterocycles. The summed E-state index contributed by atoms with van der Waals surface area (Å²) in [4.78, 5) is 14.8. The lowest BCUT2D eigenvalue weighted by Gasteiger charge is -2.49. The quantitative estimate of drug-likeness (QED) is 0.371. The number of carbonyl (C=O) groups excluding carboxylic acids is 1. The first-order valence-electron chi connectivity index (χ1n) is 14.3. The van der Waals surface area contributed by atoms with Crippen LogP contribution in [0.4, 0.5) is 4.79 Å². The van der Waals surface area contributed by atoms with Gasteiger partial charge in [0.2, 0.25) is 0 Å². The van der Waals surface area contributed by atoms with Crippen LogP contribution in [0.25, 0.3) is 0 Å². The second-order valence-electron chi connectivity index (χ2n) is 11.5. The van der Waals surface area contributed by atoms with E-state index >= 15 is 0 Å². The van der Waals surface area contributed by atoms with Crippen LogP contribution in [0.2, 0.25) is 0 Å². The number of carbonyl (C=O) groups is 1. The van der Waals surface area contributed by atoms with Gasteiger partial charge in [-0.1, -0.05) is 19.4 Å². The first-order chi connectivity index (χ1) is 17.1. The number of hydrogen-bond acceptors (Lipinski definition) is 5. The number of amides is 1. The number of nitrogens with zero attached hydrogens (tertiary/aromatic N) is 1. The summed E-state index contributed by atoms with van der Waals surface area (Å²) in [6.45, 7) is 7.09. The van der Waals surface area contributed by atoms with Crippen LogP contribution >= 0.6 is 0 Å². The molecule has 0 bridgehead atoms. The molecule has 1 amide bonds. The van der Waals surface area contributed by atoms with E-state index in [2.05, 4.69) is 24.4 Å². The number of fused-ring (bicyclic) bond motifs is 5. The molecule has 4 atom stereocenters. The molecule has 2 fully saturated rings. The van der Waals surface area contributed by atoms with E-state index in [4.69, 9.17) is 16.2 Å². The van der Waals surface area contributed by atoms with E-state index < -0.39 is 0 Å². The Hall–Kier alpha value is -1.63. The molecule has 6 nitrogen and oxygen atoms in total. The van der Waals surface area contributed by atoms with Gasteiger partial charge in [-0.05, 0) is 137 Å². The van der Waals surface area contributed by atoms with E-state index in [0.717, 1.165) is 63.6 Å². The predicted molar refractivity (Wildman–Crippen MR) is 143 cm³/mol. The van der Waals surface area contributed by atoms with E-state index in [1.807, 2.05) is 11.0 Å². The molecule has 0 heterocycles. The van der Waals surface area contributed by atoms with E-state index in [0.29, 0.717) is 36.7 Å². The van der Waals surface area contributed by atoms with Crippen molar-refractivity contribution >= 4 is 6.09 Å². The fourth-order valence-corrected chi connectivity index (χ4v) is 7.26. The minimum absolute atomic E-state index is 0.248. The molecule has 1 aromatic rings. The van der Waals surface area contributed by atoms with Gasteiger partial charge in [0, 0.05) is 13.1 Å². The summed E-state index contributed by atoms with van der Waals surface area (Å²) in [5.41, 5.74) is 14.8. The van der Waals surface area contributed by atoms with Gasteiger partial charge in [-0.3, -0.25) is 0 Å². The highest BCUT2D eigenvalue weighted by Gasteiger charge is 2.50. The maximum atomic E-state index is 13.0. The van der Waals surface area contributed by atoms with Gasteiger partial charge in [0.1, 0.15) is 5.75 Å².